The van der Waals surface area contributed by atoms with Crippen molar-refractivity contribution in [1.29, 1.82) is 0 Å². The zero-order valence-electron chi connectivity index (χ0n) is 13.0. The summed E-state index contributed by atoms with van der Waals surface area (Å²) in [6.07, 6.45) is 1.68. The van der Waals surface area contributed by atoms with Gasteiger partial charge in [-0.05, 0) is 50.9 Å². The van der Waals surface area contributed by atoms with Gasteiger partial charge in [0.15, 0.2) is 0 Å². The van der Waals surface area contributed by atoms with E-state index in [9.17, 15) is 13.9 Å². The van der Waals surface area contributed by atoms with E-state index in [-0.39, 0.29) is 6.04 Å². The number of β-amino-alcohol motifs (C(OH)–C–C–N with tert-alkyl or cyclic N) is 1. The van der Waals surface area contributed by atoms with Gasteiger partial charge < -0.3 is 5.11 Å². The first kappa shape index (κ1) is 16.5. The van der Waals surface area contributed by atoms with Crippen LogP contribution in [0.2, 0.25) is 0 Å². The molecule has 2 heterocycles. The minimum atomic E-state index is -0.496. The zero-order chi connectivity index (χ0) is 16.4. The highest BCUT2D eigenvalue weighted by atomic mass is 32.1. The molecular weight excluding hydrogens is 318 g/mol. The van der Waals surface area contributed by atoms with E-state index in [0.29, 0.717) is 18.5 Å². The molecule has 1 fully saturated rings. The fourth-order valence-electron chi connectivity index (χ4n) is 3.21. The first-order chi connectivity index (χ1) is 11.0. The maximum Gasteiger partial charge on any atom is 0.128 e. The number of rotatable bonds is 5. The van der Waals surface area contributed by atoms with Gasteiger partial charge in [0.25, 0.3) is 0 Å². The Kier molecular flexibility index (Phi) is 5.04. The van der Waals surface area contributed by atoms with Gasteiger partial charge in [0.05, 0.1) is 16.8 Å². The molecule has 1 aliphatic heterocycles. The number of aryl methyl sites for hydroxylation is 2. The average Bonchev–Trinajstić information content (AvgIpc) is 3.08. The van der Waals surface area contributed by atoms with Crippen molar-refractivity contribution < 1.29 is 13.9 Å². The molecule has 1 aromatic heterocycles. The standard InChI is InChI=1S/C17H20F2N2OS/c1-11-20-13(10-23-11)3-2-6-21-9-14(22)8-17(21)15-7-12(18)4-5-16(15)19/h4-5,7,10,14,17,22H,2-3,6,8-9H2,1H3. The predicted octanol–water partition coefficient (Wildman–Crippen LogP) is 3.47. The summed E-state index contributed by atoms with van der Waals surface area (Å²) in [5.74, 6) is -0.855. The SMILES string of the molecule is Cc1nc(CCCN2CC(O)CC2c2cc(F)ccc2F)cs1. The average molecular weight is 338 g/mol. The van der Waals surface area contributed by atoms with E-state index in [1.54, 1.807) is 11.3 Å². The summed E-state index contributed by atoms with van der Waals surface area (Å²) in [5.41, 5.74) is 1.41. The highest BCUT2D eigenvalue weighted by Gasteiger charge is 2.33. The van der Waals surface area contributed by atoms with Gasteiger partial charge in [-0.15, -0.1) is 11.3 Å². The van der Waals surface area contributed by atoms with E-state index in [2.05, 4.69) is 10.4 Å². The Hall–Kier alpha value is -1.37. The van der Waals surface area contributed by atoms with E-state index in [1.165, 1.54) is 6.07 Å². The Bertz CT molecular complexity index is 676. The second kappa shape index (κ2) is 7.03. The fraction of sp³-hybridized carbons (Fsp3) is 0.471. The molecule has 3 nitrogen and oxygen atoms in total. The van der Waals surface area contributed by atoms with Gasteiger partial charge in [0.2, 0.25) is 0 Å². The minimum absolute atomic E-state index is 0.266. The quantitative estimate of drug-likeness (QED) is 0.907. The third-order valence-electron chi connectivity index (χ3n) is 4.24. The molecule has 2 atom stereocenters. The van der Waals surface area contributed by atoms with Crippen LogP contribution in [0, 0.1) is 18.6 Å². The molecule has 0 spiro atoms. The first-order valence-electron chi connectivity index (χ1n) is 7.81. The number of hydrogen-bond donors (Lipinski definition) is 1. The van der Waals surface area contributed by atoms with Crippen LogP contribution in [0.25, 0.3) is 0 Å². The Morgan fingerprint density at radius 3 is 2.96 bits per heavy atom. The Balaban J connectivity index is 1.66. The molecule has 1 N–H and O–H groups in total. The number of likely N-dealkylation sites (tertiary alicyclic amines) is 1. The van der Waals surface area contributed by atoms with Crippen molar-refractivity contribution >= 4 is 11.3 Å². The molecule has 1 aliphatic rings. The summed E-state index contributed by atoms with van der Waals surface area (Å²) in [6, 6.07) is 3.26. The maximum absolute atomic E-state index is 14.0. The molecule has 23 heavy (non-hydrogen) atoms. The van der Waals surface area contributed by atoms with Crippen molar-refractivity contribution in [3.05, 3.63) is 51.5 Å². The number of thiazole rings is 1. The largest absolute Gasteiger partial charge is 0.392 e. The summed E-state index contributed by atoms with van der Waals surface area (Å²) in [5, 5.41) is 13.0. The second-order valence-electron chi connectivity index (χ2n) is 6.03. The zero-order valence-corrected chi connectivity index (χ0v) is 13.8. The van der Waals surface area contributed by atoms with Crippen LogP contribution in [0.5, 0.6) is 0 Å². The smallest absolute Gasteiger partial charge is 0.128 e. The van der Waals surface area contributed by atoms with Crippen LogP contribution in [-0.4, -0.2) is 34.2 Å². The van der Waals surface area contributed by atoms with Crippen LogP contribution in [-0.2, 0) is 6.42 Å². The monoisotopic (exact) mass is 338 g/mol. The fourth-order valence-corrected chi connectivity index (χ4v) is 3.85. The van der Waals surface area contributed by atoms with E-state index >= 15 is 0 Å². The molecule has 1 saturated heterocycles. The molecule has 0 saturated carbocycles. The highest BCUT2D eigenvalue weighted by molar-refractivity contribution is 7.09. The summed E-state index contributed by atoms with van der Waals surface area (Å²) < 4.78 is 27.5. The van der Waals surface area contributed by atoms with Crippen molar-refractivity contribution in [3.63, 3.8) is 0 Å². The van der Waals surface area contributed by atoms with Gasteiger partial charge in [-0.3, -0.25) is 4.90 Å². The van der Waals surface area contributed by atoms with Crippen molar-refractivity contribution in [1.82, 2.24) is 9.88 Å². The van der Waals surface area contributed by atoms with Crippen LogP contribution < -0.4 is 0 Å². The third kappa shape index (κ3) is 3.94. The number of hydrogen-bond acceptors (Lipinski definition) is 4. The van der Waals surface area contributed by atoms with Gasteiger partial charge in [-0.25, -0.2) is 13.8 Å². The molecule has 1 aromatic carbocycles. The number of aromatic nitrogens is 1. The third-order valence-corrected chi connectivity index (χ3v) is 5.07. The molecule has 124 valence electrons. The number of aliphatic hydroxyl groups is 1. The van der Waals surface area contributed by atoms with Gasteiger partial charge in [0, 0.05) is 23.5 Å². The number of benzene rings is 1. The topological polar surface area (TPSA) is 36.4 Å². The summed E-state index contributed by atoms with van der Waals surface area (Å²) >= 11 is 1.63. The number of halogens is 2. The molecule has 3 rings (SSSR count). The molecule has 0 bridgehead atoms. The lowest BCUT2D eigenvalue weighted by atomic mass is 10.0. The summed E-state index contributed by atoms with van der Waals surface area (Å²) in [6.45, 7) is 3.21. The van der Waals surface area contributed by atoms with Crippen molar-refractivity contribution in [2.75, 3.05) is 13.1 Å². The van der Waals surface area contributed by atoms with E-state index < -0.39 is 17.7 Å². The molecular formula is C17H20F2N2OS. The summed E-state index contributed by atoms with van der Waals surface area (Å²) in [7, 11) is 0. The van der Waals surface area contributed by atoms with Gasteiger partial charge in [0.1, 0.15) is 11.6 Å². The molecule has 0 amide bonds. The Morgan fingerprint density at radius 2 is 2.22 bits per heavy atom. The number of nitrogens with zero attached hydrogens (tertiary/aromatic N) is 2. The summed E-state index contributed by atoms with van der Waals surface area (Å²) in [4.78, 5) is 6.48. The van der Waals surface area contributed by atoms with Crippen LogP contribution in [0.3, 0.4) is 0 Å². The lowest BCUT2D eigenvalue weighted by Gasteiger charge is -2.24. The van der Waals surface area contributed by atoms with E-state index in [0.717, 1.165) is 42.2 Å². The minimum Gasteiger partial charge on any atom is -0.392 e. The van der Waals surface area contributed by atoms with Crippen LogP contribution in [0.1, 0.15) is 35.1 Å². The lowest BCUT2D eigenvalue weighted by molar-refractivity contribution is 0.174. The maximum atomic E-state index is 14.0. The highest BCUT2D eigenvalue weighted by Crippen LogP contribution is 2.34. The number of aliphatic hydroxyl groups excluding tert-OH is 1. The van der Waals surface area contributed by atoms with Gasteiger partial charge in [-0.1, -0.05) is 0 Å². The van der Waals surface area contributed by atoms with Crippen LogP contribution in [0.4, 0.5) is 8.78 Å². The second-order valence-corrected chi connectivity index (χ2v) is 7.09. The predicted molar refractivity (Wildman–Crippen MR) is 86.5 cm³/mol. The van der Waals surface area contributed by atoms with Crippen LogP contribution >= 0.6 is 11.3 Å². The molecule has 2 aromatic rings. The van der Waals surface area contributed by atoms with E-state index in [1.807, 2.05) is 11.8 Å². The van der Waals surface area contributed by atoms with Crippen molar-refractivity contribution in [2.45, 2.75) is 38.3 Å². The normalized spacial score (nSPS) is 21.9. The van der Waals surface area contributed by atoms with Crippen molar-refractivity contribution in [2.24, 2.45) is 0 Å². The lowest BCUT2D eigenvalue weighted by Crippen LogP contribution is -2.26. The van der Waals surface area contributed by atoms with E-state index in [4.69, 9.17) is 0 Å². The first-order valence-corrected chi connectivity index (χ1v) is 8.69. The molecule has 0 radical (unpaired) electrons. The molecule has 2 unspecified atom stereocenters. The van der Waals surface area contributed by atoms with Gasteiger partial charge in [-0.2, -0.15) is 0 Å². The van der Waals surface area contributed by atoms with Crippen LogP contribution in [0.15, 0.2) is 23.6 Å². The van der Waals surface area contributed by atoms with Gasteiger partial charge >= 0.3 is 0 Å². The Labute approximate surface area is 138 Å². The molecule has 0 aliphatic carbocycles. The Morgan fingerprint density at radius 1 is 1.39 bits per heavy atom. The molecule has 6 heteroatoms. The van der Waals surface area contributed by atoms with Crippen molar-refractivity contribution in [3.8, 4) is 0 Å².